The van der Waals surface area contributed by atoms with Crippen LogP contribution in [0, 0.1) is 11.6 Å². The van der Waals surface area contributed by atoms with Gasteiger partial charge in [-0.3, -0.25) is 9.59 Å². The highest BCUT2D eigenvalue weighted by Crippen LogP contribution is 2.29. The van der Waals surface area contributed by atoms with Gasteiger partial charge in [0.05, 0.1) is 5.56 Å². The van der Waals surface area contributed by atoms with Crippen molar-refractivity contribution in [2.75, 3.05) is 0 Å². The van der Waals surface area contributed by atoms with Crippen molar-refractivity contribution in [2.24, 2.45) is 0 Å². The summed E-state index contributed by atoms with van der Waals surface area (Å²) in [5, 5.41) is 2.46. The second-order valence-electron chi connectivity index (χ2n) is 6.38. The minimum Gasteiger partial charge on any atom is -0.347 e. The van der Waals surface area contributed by atoms with Crippen molar-refractivity contribution in [3.05, 3.63) is 98.7 Å². The van der Waals surface area contributed by atoms with Gasteiger partial charge in [0.2, 0.25) is 0 Å². The lowest BCUT2D eigenvalue weighted by molar-refractivity contribution is -0.137. The number of benzene rings is 2. The molecule has 1 amide bonds. The van der Waals surface area contributed by atoms with Crippen molar-refractivity contribution in [1.82, 2.24) is 15.3 Å². The van der Waals surface area contributed by atoms with E-state index in [4.69, 9.17) is 0 Å². The number of amides is 1. The summed E-state index contributed by atoms with van der Waals surface area (Å²) in [6.07, 6.45) is -4.51. The molecule has 0 saturated carbocycles. The number of nitrogens with one attached hydrogen (secondary N) is 2. The molecule has 0 aliphatic heterocycles. The Kier molecular flexibility index (Phi) is 5.95. The first-order valence-electron chi connectivity index (χ1n) is 8.60. The van der Waals surface area contributed by atoms with Gasteiger partial charge in [-0.2, -0.15) is 13.2 Å². The molecule has 0 unspecified atom stereocenters. The Morgan fingerprint density at radius 1 is 0.967 bits per heavy atom. The van der Waals surface area contributed by atoms with Crippen molar-refractivity contribution >= 4 is 5.91 Å². The summed E-state index contributed by atoms with van der Waals surface area (Å²) in [6.45, 7) is -0.0794. The summed E-state index contributed by atoms with van der Waals surface area (Å²) >= 11 is 0. The Morgan fingerprint density at radius 3 is 2.27 bits per heavy atom. The first-order valence-corrected chi connectivity index (χ1v) is 8.60. The average molecular weight is 423 g/mol. The number of halogens is 5. The van der Waals surface area contributed by atoms with Gasteiger partial charge in [-0.15, -0.1) is 0 Å². The third-order valence-electron chi connectivity index (χ3n) is 4.11. The summed E-state index contributed by atoms with van der Waals surface area (Å²) in [5.41, 5.74) is -0.899. The Morgan fingerprint density at radius 2 is 1.63 bits per heavy atom. The lowest BCUT2D eigenvalue weighted by atomic mass is 10.1. The summed E-state index contributed by atoms with van der Waals surface area (Å²) in [5.74, 6) is -2.72. The Labute approximate surface area is 166 Å². The van der Waals surface area contributed by atoms with E-state index in [9.17, 15) is 31.5 Å². The third kappa shape index (κ3) is 5.28. The molecule has 0 aliphatic carbocycles. The van der Waals surface area contributed by atoms with Gasteiger partial charge in [-0.1, -0.05) is 18.2 Å². The predicted octanol–water partition coefficient (Wildman–Crippen LogP) is 3.59. The monoisotopic (exact) mass is 423 g/mol. The van der Waals surface area contributed by atoms with Gasteiger partial charge in [0.25, 0.3) is 11.5 Å². The third-order valence-corrected chi connectivity index (χ3v) is 4.11. The number of alkyl halides is 3. The van der Waals surface area contributed by atoms with Crippen LogP contribution >= 0.6 is 0 Å². The second-order valence-corrected chi connectivity index (χ2v) is 6.38. The number of nitrogens with zero attached hydrogens (tertiary/aromatic N) is 1. The highest BCUT2D eigenvalue weighted by Gasteiger charge is 2.29. The number of rotatable bonds is 5. The van der Waals surface area contributed by atoms with E-state index in [1.807, 2.05) is 0 Å². The molecule has 0 radical (unpaired) electrons. The number of hydrogen-bond acceptors (Lipinski definition) is 3. The molecule has 3 aromatic rings. The van der Waals surface area contributed by atoms with E-state index in [0.29, 0.717) is 11.1 Å². The van der Waals surface area contributed by atoms with Gasteiger partial charge in [0, 0.05) is 19.0 Å². The van der Waals surface area contributed by atoms with Gasteiger partial charge in [-0.25, -0.2) is 13.8 Å². The lowest BCUT2D eigenvalue weighted by Crippen LogP contribution is -2.26. The molecular weight excluding hydrogens is 409 g/mol. The zero-order valence-electron chi connectivity index (χ0n) is 15.2. The maximum absolute atomic E-state index is 13.3. The SMILES string of the molecule is O=C(NCc1ccc(C(F)(F)F)cc1)c1cc(=O)[nH]c(Cc2ccc(F)c(F)c2)n1. The molecule has 0 spiro atoms. The summed E-state index contributed by atoms with van der Waals surface area (Å²) in [6, 6.07) is 8.40. The largest absolute Gasteiger partial charge is 0.416 e. The van der Waals surface area contributed by atoms with Gasteiger partial charge >= 0.3 is 6.18 Å². The Balaban J connectivity index is 1.70. The molecule has 30 heavy (non-hydrogen) atoms. The first-order chi connectivity index (χ1) is 14.1. The number of H-pyrrole nitrogens is 1. The fraction of sp³-hybridized carbons (Fsp3) is 0.150. The van der Waals surface area contributed by atoms with Crippen LogP contribution in [0.3, 0.4) is 0 Å². The molecule has 0 aliphatic rings. The number of aromatic nitrogens is 2. The van der Waals surface area contributed by atoms with Crippen LogP contribution in [0.4, 0.5) is 22.0 Å². The molecule has 0 saturated heterocycles. The molecule has 5 nitrogen and oxygen atoms in total. The number of aromatic amines is 1. The van der Waals surface area contributed by atoms with Crippen molar-refractivity contribution in [3.8, 4) is 0 Å². The summed E-state index contributed by atoms with van der Waals surface area (Å²) in [7, 11) is 0. The molecule has 0 bridgehead atoms. The molecule has 156 valence electrons. The highest BCUT2D eigenvalue weighted by atomic mass is 19.4. The molecule has 10 heteroatoms. The van der Waals surface area contributed by atoms with E-state index in [1.165, 1.54) is 18.2 Å². The number of carbonyl (C=O) groups excluding carboxylic acids is 1. The summed E-state index contributed by atoms with van der Waals surface area (Å²) < 4.78 is 64.1. The fourth-order valence-corrected chi connectivity index (χ4v) is 2.64. The second kappa shape index (κ2) is 8.44. The van der Waals surface area contributed by atoms with Crippen LogP contribution < -0.4 is 10.9 Å². The van der Waals surface area contributed by atoms with Crippen LogP contribution in [0.2, 0.25) is 0 Å². The lowest BCUT2D eigenvalue weighted by Gasteiger charge is -2.09. The highest BCUT2D eigenvalue weighted by molar-refractivity contribution is 5.92. The quantitative estimate of drug-likeness (QED) is 0.616. The van der Waals surface area contributed by atoms with E-state index in [-0.39, 0.29) is 24.5 Å². The van der Waals surface area contributed by atoms with Crippen molar-refractivity contribution in [2.45, 2.75) is 19.1 Å². The van der Waals surface area contributed by atoms with Crippen LogP contribution in [-0.4, -0.2) is 15.9 Å². The van der Waals surface area contributed by atoms with Gasteiger partial charge < -0.3 is 10.3 Å². The van der Waals surface area contributed by atoms with Crippen molar-refractivity contribution < 1.29 is 26.7 Å². The van der Waals surface area contributed by atoms with Crippen molar-refractivity contribution in [1.29, 1.82) is 0 Å². The van der Waals surface area contributed by atoms with E-state index in [2.05, 4.69) is 15.3 Å². The van der Waals surface area contributed by atoms with Gasteiger partial charge in [0.15, 0.2) is 11.6 Å². The van der Waals surface area contributed by atoms with Crippen LogP contribution in [0.5, 0.6) is 0 Å². The maximum Gasteiger partial charge on any atom is 0.416 e. The van der Waals surface area contributed by atoms with E-state index < -0.39 is 34.8 Å². The van der Waals surface area contributed by atoms with E-state index >= 15 is 0 Å². The zero-order chi connectivity index (χ0) is 21.9. The van der Waals surface area contributed by atoms with Crippen LogP contribution in [0.25, 0.3) is 0 Å². The van der Waals surface area contributed by atoms with Crippen LogP contribution in [0.1, 0.15) is 33.0 Å². The van der Waals surface area contributed by atoms with Gasteiger partial charge in [0.1, 0.15) is 11.5 Å². The first kappa shape index (κ1) is 21.2. The smallest absolute Gasteiger partial charge is 0.347 e. The minimum atomic E-state index is -4.46. The molecule has 2 aromatic carbocycles. The van der Waals surface area contributed by atoms with E-state index in [1.54, 1.807) is 0 Å². The standard InChI is InChI=1S/C20H14F5N3O2/c21-14-6-3-12(7-15(14)22)8-17-27-16(9-18(29)28-17)19(30)26-10-11-1-4-13(5-2-11)20(23,24)25/h1-7,9H,8,10H2,(H,26,30)(H,27,28,29). The summed E-state index contributed by atoms with van der Waals surface area (Å²) in [4.78, 5) is 30.5. The average Bonchev–Trinajstić information content (AvgIpc) is 2.68. The van der Waals surface area contributed by atoms with E-state index in [0.717, 1.165) is 30.3 Å². The molecule has 2 N–H and O–H groups in total. The normalized spacial score (nSPS) is 11.4. The minimum absolute atomic E-state index is 0.0491. The Hall–Kier alpha value is -3.56. The number of hydrogen-bond donors (Lipinski definition) is 2. The Bertz CT molecular complexity index is 1120. The van der Waals surface area contributed by atoms with Crippen molar-refractivity contribution in [3.63, 3.8) is 0 Å². The zero-order valence-corrected chi connectivity index (χ0v) is 15.2. The molecule has 3 rings (SSSR count). The molecule has 0 atom stereocenters. The topological polar surface area (TPSA) is 74.8 Å². The molecule has 0 fully saturated rings. The molecule has 1 aromatic heterocycles. The van der Waals surface area contributed by atoms with Gasteiger partial charge in [-0.05, 0) is 35.4 Å². The number of carbonyl (C=O) groups is 1. The molecular formula is C20H14F5N3O2. The van der Waals surface area contributed by atoms with Crippen LogP contribution in [-0.2, 0) is 19.1 Å². The fourth-order valence-electron chi connectivity index (χ4n) is 2.64. The molecule has 1 heterocycles. The maximum atomic E-state index is 13.3. The van der Waals surface area contributed by atoms with Crippen LogP contribution in [0.15, 0.2) is 53.3 Å². The predicted molar refractivity (Wildman–Crippen MR) is 96.6 cm³/mol.